The molecule has 1 aromatic carbocycles. The summed E-state index contributed by atoms with van der Waals surface area (Å²) < 4.78 is 5.65. The lowest BCUT2D eigenvalue weighted by molar-refractivity contribution is -0.134. The van der Waals surface area contributed by atoms with Crippen LogP contribution in [0.4, 0.5) is 0 Å². The molecule has 4 nitrogen and oxygen atoms in total. The summed E-state index contributed by atoms with van der Waals surface area (Å²) in [5.74, 6) is 0.877. The molecule has 1 unspecified atom stereocenters. The Hall–Kier alpha value is -1.55. The first-order chi connectivity index (χ1) is 9.54. The Morgan fingerprint density at radius 2 is 2.05 bits per heavy atom. The number of ether oxygens (including phenoxy) is 1. The molecule has 20 heavy (non-hydrogen) atoms. The van der Waals surface area contributed by atoms with Crippen LogP contribution in [0, 0.1) is 13.8 Å². The van der Waals surface area contributed by atoms with Crippen molar-refractivity contribution in [1.82, 2.24) is 4.90 Å². The average molecular weight is 277 g/mol. The maximum Gasteiger partial charge on any atom is 0.226 e. The molecule has 1 N–H and O–H groups in total. The Kier molecular flexibility index (Phi) is 5.01. The number of piperidine rings is 1. The van der Waals surface area contributed by atoms with Crippen molar-refractivity contribution in [3.63, 3.8) is 0 Å². The fourth-order valence-corrected chi connectivity index (χ4v) is 2.61. The number of carbonyl (C=O) groups is 1. The molecule has 1 atom stereocenters. The molecule has 0 aromatic heterocycles. The number of hydrogen-bond donors (Lipinski definition) is 1. The molecule has 1 aromatic rings. The normalized spacial score (nSPS) is 18.9. The third-order valence-corrected chi connectivity index (χ3v) is 3.53. The lowest BCUT2D eigenvalue weighted by atomic mass is 10.1. The van der Waals surface area contributed by atoms with E-state index in [-0.39, 0.29) is 12.0 Å². The van der Waals surface area contributed by atoms with Gasteiger partial charge in [0.05, 0.1) is 19.1 Å². The van der Waals surface area contributed by atoms with Gasteiger partial charge in [-0.2, -0.15) is 0 Å². The summed E-state index contributed by atoms with van der Waals surface area (Å²) in [6.45, 7) is 5.65. The Morgan fingerprint density at radius 3 is 2.70 bits per heavy atom. The van der Waals surface area contributed by atoms with E-state index in [0.717, 1.165) is 36.3 Å². The van der Waals surface area contributed by atoms with Gasteiger partial charge in [0.2, 0.25) is 5.91 Å². The minimum Gasteiger partial charge on any atom is -0.493 e. The molecule has 0 radical (unpaired) electrons. The van der Waals surface area contributed by atoms with E-state index in [1.54, 1.807) is 4.90 Å². The zero-order valence-electron chi connectivity index (χ0n) is 12.3. The van der Waals surface area contributed by atoms with Crippen LogP contribution < -0.4 is 4.74 Å². The second-order valence-electron chi connectivity index (χ2n) is 5.56. The van der Waals surface area contributed by atoms with Gasteiger partial charge in [0.25, 0.3) is 0 Å². The number of aliphatic hydroxyl groups excluding tert-OH is 1. The van der Waals surface area contributed by atoms with Crippen LogP contribution in [-0.2, 0) is 4.79 Å². The number of aryl methyl sites for hydroxylation is 2. The molecule has 1 aliphatic rings. The van der Waals surface area contributed by atoms with E-state index >= 15 is 0 Å². The number of carbonyl (C=O) groups excluding carboxylic acids is 1. The first kappa shape index (κ1) is 14.9. The number of aliphatic hydroxyl groups is 1. The SMILES string of the molecule is Cc1cc(C)cc(OCCC(=O)N2CCCC(O)C2)c1. The van der Waals surface area contributed by atoms with Gasteiger partial charge in [-0.15, -0.1) is 0 Å². The lowest BCUT2D eigenvalue weighted by Gasteiger charge is -2.30. The second kappa shape index (κ2) is 6.75. The quantitative estimate of drug-likeness (QED) is 0.916. The number of β-amino-alcohol motifs (C(OH)–C–C–N with tert-alkyl or cyclic N) is 1. The van der Waals surface area contributed by atoms with E-state index in [4.69, 9.17) is 4.74 Å². The van der Waals surface area contributed by atoms with Crippen molar-refractivity contribution >= 4 is 5.91 Å². The summed E-state index contributed by atoms with van der Waals surface area (Å²) in [5.41, 5.74) is 2.32. The van der Waals surface area contributed by atoms with Crippen LogP contribution in [0.2, 0.25) is 0 Å². The zero-order chi connectivity index (χ0) is 14.5. The molecule has 0 bridgehead atoms. The number of nitrogens with zero attached hydrogens (tertiary/aromatic N) is 1. The molecule has 0 saturated carbocycles. The summed E-state index contributed by atoms with van der Waals surface area (Å²) >= 11 is 0. The van der Waals surface area contributed by atoms with Crippen LogP contribution in [0.3, 0.4) is 0 Å². The standard InChI is InChI=1S/C16H23NO3/c1-12-8-13(2)10-15(9-12)20-7-5-16(19)17-6-3-4-14(18)11-17/h8-10,14,18H,3-7,11H2,1-2H3. The summed E-state index contributed by atoms with van der Waals surface area (Å²) in [7, 11) is 0. The number of amides is 1. The van der Waals surface area contributed by atoms with Crippen molar-refractivity contribution < 1.29 is 14.6 Å². The van der Waals surface area contributed by atoms with Crippen molar-refractivity contribution in [2.45, 2.75) is 39.2 Å². The predicted molar refractivity (Wildman–Crippen MR) is 77.8 cm³/mol. The highest BCUT2D eigenvalue weighted by Gasteiger charge is 2.21. The molecule has 4 heteroatoms. The summed E-state index contributed by atoms with van der Waals surface area (Å²) in [5, 5.41) is 9.57. The number of likely N-dealkylation sites (tertiary alicyclic amines) is 1. The minimum atomic E-state index is -0.368. The molecule has 1 heterocycles. The van der Waals surface area contributed by atoms with E-state index in [0.29, 0.717) is 19.6 Å². The predicted octanol–water partition coefficient (Wildman–Crippen LogP) is 2.06. The van der Waals surface area contributed by atoms with Crippen LogP contribution in [0.15, 0.2) is 18.2 Å². The zero-order valence-corrected chi connectivity index (χ0v) is 12.3. The van der Waals surface area contributed by atoms with E-state index < -0.39 is 0 Å². The first-order valence-corrected chi connectivity index (χ1v) is 7.21. The Labute approximate surface area is 120 Å². The molecule has 110 valence electrons. The van der Waals surface area contributed by atoms with Gasteiger partial charge in [0, 0.05) is 13.1 Å². The van der Waals surface area contributed by atoms with E-state index in [9.17, 15) is 9.90 Å². The topological polar surface area (TPSA) is 49.8 Å². The van der Waals surface area contributed by atoms with Crippen LogP contribution in [-0.4, -0.2) is 41.7 Å². The van der Waals surface area contributed by atoms with Crippen LogP contribution in [0.25, 0.3) is 0 Å². The van der Waals surface area contributed by atoms with Gasteiger partial charge in [0.1, 0.15) is 5.75 Å². The molecular weight excluding hydrogens is 254 g/mol. The van der Waals surface area contributed by atoms with Crippen molar-refractivity contribution in [3.05, 3.63) is 29.3 Å². The molecule has 2 rings (SSSR count). The Morgan fingerprint density at radius 1 is 1.35 bits per heavy atom. The molecule has 1 saturated heterocycles. The first-order valence-electron chi connectivity index (χ1n) is 7.21. The highest BCUT2D eigenvalue weighted by molar-refractivity contribution is 5.76. The highest BCUT2D eigenvalue weighted by Crippen LogP contribution is 2.17. The second-order valence-corrected chi connectivity index (χ2v) is 5.56. The smallest absolute Gasteiger partial charge is 0.226 e. The van der Waals surface area contributed by atoms with Gasteiger partial charge in [0.15, 0.2) is 0 Å². The van der Waals surface area contributed by atoms with E-state index in [2.05, 4.69) is 6.07 Å². The number of hydrogen-bond acceptors (Lipinski definition) is 3. The van der Waals surface area contributed by atoms with Gasteiger partial charge in [-0.05, 0) is 49.9 Å². The highest BCUT2D eigenvalue weighted by atomic mass is 16.5. The fourth-order valence-electron chi connectivity index (χ4n) is 2.61. The van der Waals surface area contributed by atoms with Gasteiger partial charge in [-0.25, -0.2) is 0 Å². The third kappa shape index (κ3) is 4.23. The van der Waals surface area contributed by atoms with Crippen molar-refractivity contribution in [1.29, 1.82) is 0 Å². The average Bonchev–Trinajstić information content (AvgIpc) is 2.37. The molecule has 1 fully saturated rings. The minimum absolute atomic E-state index is 0.0631. The summed E-state index contributed by atoms with van der Waals surface area (Å²) in [4.78, 5) is 13.7. The molecule has 0 spiro atoms. The van der Waals surface area contributed by atoms with Gasteiger partial charge in [-0.3, -0.25) is 4.79 Å². The van der Waals surface area contributed by atoms with Gasteiger partial charge < -0.3 is 14.7 Å². The van der Waals surface area contributed by atoms with E-state index in [1.165, 1.54) is 0 Å². The molecule has 1 aliphatic heterocycles. The maximum atomic E-state index is 12.0. The Balaban J connectivity index is 1.78. The van der Waals surface area contributed by atoms with Crippen molar-refractivity contribution in [2.75, 3.05) is 19.7 Å². The fraction of sp³-hybridized carbons (Fsp3) is 0.562. The maximum absolute atomic E-state index is 12.0. The van der Waals surface area contributed by atoms with Crippen molar-refractivity contribution in [3.8, 4) is 5.75 Å². The lowest BCUT2D eigenvalue weighted by Crippen LogP contribution is -2.42. The van der Waals surface area contributed by atoms with Crippen LogP contribution in [0.1, 0.15) is 30.4 Å². The summed E-state index contributed by atoms with van der Waals surface area (Å²) in [6, 6.07) is 6.04. The monoisotopic (exact) mass is 277 g/mol. The van der Waals surface area contributed by atoms with Gasteiger partial charge >= 0.3 is 0 Å². The Bertz CT molecular complexity index is 453. The number of rotatable bonds is 4. The molecule has 1 amide bonds. The van der Waals surface area contributed by atoms with E-state index in [1.807, 2.05) is 26.0 Å². The van der Waals surface area contributed by atoms with Crippen LogP contribution in [0.5, 0.6) is 5.75 Å². The molecule has 0 aliphatic carbocycles. The summed E-state index contributed by atoms with van der Waals surface area (Å²) in [6.07, 6.45) is 1.67. The van der Waals surface area contributed by atoms with Gasteiger partial charge in [-0.1, -0.05) is 6.07 Å². The van der Waals surface area contributed by atoms with Crippen LogP contribution >= 0.6 is 0 Å². The third-order valence-electron chi connectivity index (χ3n) is 3.53. The largest absolute Gasteiger partial charge is 0.493 e. The molecular formula is C16H23NO3. The number of benzene rings is 1. The van der Waals surface area contributed by atoms with Crippen molar-refractivity contribution in [2.24, 2.45) is 0 Å².